The van der Waals surface area contributed by atoms with Gasteiger partial charge in [0.25, 0.3) is 0 Å². The number of carbonyl (C=O) groups is 1. The van der Waals surface area contributed by atoms with Crippen molar-refractivity contribution in [2.45, 2.75) is 37.8 Å². The van der Waals surface area contributed by atoms with Crippen LogP contribution in [0.5, 0.6) is 0 Å². The summed E-state index contributed by atoms with van der Waals surface area (Å²) in [7, 11) is 0. The Kier molecular flexibility index (Phi) is 6.38. The minimum absolute atomic E-state index is 0.0797. The summed E-state index contributed by atoms with van der Waals surface area (Å²) in [5.74, 6) is 0. The SMILES string of the molecule is C[C@@H](c1ccc(-c2ccccc2)cc1)N1CCC(CCCO)(c2ccccc2)OC1=O. The van der Waals surface area contributed by atoms with Crippen molar-refractivity contribution in [3.8, 4) is 11.1 Å². The quantitative estimate of drug-likeness (QED) is 0.521. The average molecular weight is 416 g/mol. The number of cyclic esters (lactones) is 1. The third-order valence-electron chi connectivity index (χ3n) is 6.28. The van der Waals surface area contributed by atoms with Crippen LogP contribution in [0.3, 0.4) is 0 Å². The fraction of sp³-hybridized carbons (Fsp3) is 0.296. The molecule has 0 radical (unpaired) electrons. The van der Waals surface area contributed by atoms with Gasteiger partial charge in [0.15, 0.2) is 0 Å². The monoisotopic (exact) mass is 415 g/mol. The van der Waals surface area contributed by atoms with Crippen LogP contribution in [-0.4, -0.2) is 29.3 Å². The van der Waals surface area contributed by atoms with E-state index in [1.165, 1.54) is 5.56 Å². The van der Waals surface area contributed by atoms with Gasteiger partial charge < -0.3 is 14.7 Å². The molecule has 1 aliphatic rings. The summed E-state index contributed by atoms with van der Waals surface area (Å²) in [6.07, 6.45) is 1.62. The normalized spacial score (nSPS) is 19.7. The van der Waals surface area contributed by atoms with E-state index in [9.17, 15) is 9.90 Å². The van der Waals surface area contributed by atoms with Crippen molar-refractivity contribution in [2.24, 2.45) is 0 Å². The Bertz CT molecular complexity index is 988. The minimum Gasteiger partial charge on any atom is -0.438 e. The number of rotatable bonds is 7. The van der Waals surface area contributed by atoms with Crippen molar-refractivity contribution in [1.82, 2.24) is 4.90 Å². The molecule has 4 rings (SSSR count). The highest BCUT2D eigenvalue weighted by atomic mass is 16.6. The summed E-state index contributed by atoms with van der Waals surface area (Å²) >= 11 is 0. The predicted molar refractivity (Wildman–Crippen MR) is 123 cm³/mol. The van der Waals surface area contributed by atoms with Crippen molar-refractivity contribution >= 4 is 6.09 Å². The van der Waals surface area contributed by atoms with Crippen molar-refractivity contribution < 1.29 is 14.6 Å². The molecule has 3 aromatic rings. The first-order chi connectivity index (χ1) is 15.1. The largest absolute Gasteiger partial charge is 0.438 e. The van der Waals surface area contributed by atoms with E-state index >= 15 is 0 Å². The summed E-state index contributed by atoms with van der Waals surface area (Å²) < 4.78 is 6.09. The molecule has 1 amide bonds. The average Bonchev–Trinajstić information content (AvgIpc) is 2.83. The van der Waals surface area contributed by atoms with Gasteiger partial charge in [-0.3, -0.25) is 0 Å². The van der Waals surface area contributed by atoms with E-state index in [0.29, 0.717) is 25.8 Å². The second-order valence-corrected chi connectivity index (χ2v) is 8.16. The van der Waals surface area contributed by atoms with Gasteiger partial charge in [0, 0.05) is 19.6 Å². The van der Waals surface area contributed by atoms with Crippen molar-refractivity contribution in [1.29, 1.82) is 0 Å². The fourth-order valence-corrected chi connectivity index (χ4v) is 4.42. The van der Waals surface area contributed by atoms with E-state index in [2.05, 4.69) is 36.4 Å². The minimum atomic E-state index is -0.672. The van der Waals surface area contributed by atoms with Crippen LogP contribution >= 0.6 is 0 Å². The molecule has 1 heterocycles. The smallest absolute Gasteiger partial charge is 0.411 e. The Morgan fingerprint density at radius 2 is 1.55 bits per heavy atom. The number of ether oxygens (including phenoxy) is 1. The van der Waals surface area contributed by atoms with Crippen LogP contribution in [0.25, 0.3) is 11.1 Å². The number of benzene rings is 3. The number of aliphatic hydroxyl groups is 1. The summed E-state index contributed by atoms with van der Waals surface area (Å²) in [5, 5.41) is 9.37. The molecule has 0 aromatic heterocycles. The van der Waals surface area contributed by atoms with Gasteiger partial charge in [-0.05, 0) is 42.0 Å². The lowest BCUT2D eigenvalue weighted by molar-refractivity contribution is -0.0680. The van der Waals surface area contributed by atoms with Crippen molar-refractivity contribution in [2.75, 3.05) is 13.2 Å². The van der Waals surface area contributed by atoms with Crippen molar-refractivity contribution in [3.05, 3.63) is 96.1 Å². The highest BCUT2D eigenvalue weighted by molar-refractivity contribution is 5.70. The first kappa shape index (κ1) is 21.1. The van der Waals surface area contributed by atoms with Crippen LogP contribution in [0.15, 0.2) is 84.9 Å². The number of hydrogen-bond donors (Lipinski definition) is 1. The molecule has 4 nitrogen and oxygen atoms in total. The Morgan fingerprint density at radius 3 is 2.16 bits per heavy atom. The molecule has 1 fully saturated rings. The van der Waals surface area contributed by atoms with Gasteiger partial charge in [-0.15, -0.1) is 0 Å². The van der Waals surface area contributed by atoms with Gasteiger partial charge in [-0.25, -0.2) is 4.79 Å². The Balaban J connectivity index is 1.51. The molecule has 0 spiro atoms. The lowest BCUT2D eigenvalue weighted by Gasteiger charge is -2.43. The van der Waals surface area contributed by atoms with Gasteiger partial charge >= 0.3 is 6.09 Å². The lowest BCUT2D eigenvalue weighted by atomic mass is 9.84. The molecule has 0 bridgehead atoms. The molecular formula is C27H29NO3. The summed E-state index contributed by atoms with van der Waals surface area (Å²) in [6.45, 7) is 2.74. The van der Waals surface area contributed by atoms with Gasteiger partial charge in [-0.2, -0.15) is 0 Å². The predicted octanol–water partition coefficient (Wildman–Crippen LogP) is 5.92. The van der Waals surface area contributed by atoms with Gasteiger partial charge in [0.1, 0.15) is 5.60 Å². The molecule has 0 aliphatic carbocycles. The number of amides is 1. The van der Waals surface area contributed by atoms with E-state index in [1.807, 2.05) is 55.5 Å². The highest BCUT2D eigenvalue weighted by Crippen LogP contribution is 2.40. The molecule has 4 heteroatoms. The van der Waals surface area contributed by atoms with Gasteiger partial charge in [0.2, 0.25) is 0 Å². The Hall–Kier alpha value is -3.11. The Labute approximate surface area is 184 Å². The molecule has 1 unspecified atom stereocenters. The van der Waals surface area contributed by atoms with Crippen LogP contribution in [0, 0.1) is 0 Å². The second-order valence-electron chi connectivity index (χ2n) is 8.16. The van der Waals surface area contributed by atoms with Gasteiger partial charge in [-0.1, -0.05) is 84.9 Å². The number of nitrogens with zero attached hydrogens (tertiary/aromatic N) is 1. The van der Waals surface area contributed by atoms with E-state index in [-0.39, 0.29) is 18.7 Å². The van der Waals surface area contributed by atoms with E-state index in [0.717, 1.165) is 16.7 Å². The molecular weight excluding hydrogens is 386 g/mol. The van der Waals surface area contributed by atoms with Crippen LogP contribution in [0.1, 0.15) is 43.4 Å². The van der Waals surface area contributed by atoms with E-state index in [1.54, 1.807) is 4.90 Å². The lowest BCUT2D eigenvalue weighted by Crippen LogP contribution is -2.48. The van der Waals surface area contributed by atoms with E-state index < -0.39 is 5.60 Å². The molecule has 0 saturated carbocycles. The van der Waals surface area contributed by atoms with Crippen LogP contribution < -0.4 is 0 Å². The summed E-state index contributed by atoms with van der Waals surface area (Å²) in [6, 6.07) is 28.5. The molecule has 1 aliphatic heterocycles. The summed E-state index contributed by atoms with van der Waals surface area (Å²) in [5.41, 5.74) is 3.74. The summed E-state index contributed by atoms with van der Waals surface area (Å²) in [4.78, 5) is 14.9. The highest BCUT2D eigenvalue weighted by Gasteiger charge is 2.43. The van der Waals surface area contributed by atoms with E-state index in [4.69, 9.17) is 4.74 Å². The number of carbonyl (C=O) groups excluding carboxylic acids is 1. The number of hydrogen-bond acceptors (Lipinski definition) is 3. The fourth-order valence-electron chi connectivity index (χ4n) is 4.42. The zero-order chi connectivity index (χ0) is 21.7. The van der Waals surface area contributed by atoms with Crippen LogP contribution in [0.4, 0.5) is 4.79 Å². The zero-order valence-electron chi connectivity index (χ0n) is 17.9. The molecule has 1 N–H and O–H groups in total. The van der Waals surface area contributed by atoms with Crippen LogP contribution in [-0.2, 0) is 10.3 Å². The molecule has 160 valence electrons. The van der Waals surface area contributed by atoms with Crippen LogP contribution in [0.2, 0.25) is 0 Å². The standard InChI is InChI=1S/C27H29NO3/c1-21(22-13-15-24(16-14-22)23-9-4-2-5-10-23)28-19-18-27(17-8-20-29,31-26(28)30)25-11-6-3-7-12-25/h2-7,9-16,21,29H,8,17-20H2,1H3/t21-,27?/m0/s1. The number of aliphatic hydroxyl groups excluding tert-OH is 1. The zero-order valence-corrected chi connectivity index (χ0v) is 17.9. The second kappa shape index (κ2) is 9.36. The molecule has 3 aromatic carbocycles. The third kappa shape index (κ3) is 4.49. The third-order valence-corrected chi connectivity index (χ3v) is 6.28. The maximum absolute atomic E-state index is 13.1. The molecule has 31 heavy (non-hydrogen) atoms. The molecule has 1 saturated heterocycles. The first-order valence-corrected chi connectivity index (χ1v) is 10.9. The van der Waals surface area contributed by atoms with Gasteiger partial charge in [0.05, 0.1) is 6.04 Å². The maximum atomic E-state index is 13.1. The maximum Gasteiger partial charge on any atom is 0.411 e. The van der Waals surface area contributed by atoms with Crippen molar-refractivity contribution in [3.63, 3.8) is 0 Å². The first-order valence-electron chi connectivity index (χ1n) is 10.9. The Morgan fingerprint density at radius 1 is 0.935 bits per heavy atom. The topological polar surface area (TPSA) is 49.8 Å². The molecule has 2 atom stereocenters.